The summed E-state index contributed by atoms with van der Waals surface area (Å²) in [5.74, 6) is -1.94. The van der Waals surface area contributed by atoms with E-state index in [4.69, 9.17) is 4.74 Å². The van der Waals surface area contributed by atoms with Gasteiger partial charge in [0.2, 0.25) is 0 Å². The van der Waals surface area contributed by atoms with Crippen LogP contribution in [0.5, 0.6) is 0 Å². The number of urea groups is 1. The van der Waals surface area contributed by atoms with Crippen LogP contribution >= 0.6 is 0 Å². The number of nitrogens with one attached hydrogen (secondary N) is 2. The maximum absolute atomic E-state index is 12.6. The summed E-state index contributed by atoms with van der Waals surface area (Å²) in [7, 11) is 1.35. The molecule has 0 aliphatic carbocycles. The lowest BCUT2D eigenvalue weighted by Crippen LogP contribution is -2.43. The number of imide groups is 1. The first-order valence-corrected chi connectivity index (χ1v) is 7.86. The van der Waals surface area contributed by atoms with Crippen LogP contribution in [0.4, 0.5) is 4.79 Å². The van der Waals surface area contributed by atoms with Crippen molar-refractivity contribution < 1.29 is 23.9 Å². The Morgan fingerprint density at radius 2 is 1.46 bits per heavy atom. The SMILES string of the molecule is CNC(=O)NC(=O)[C@H](C)OC(=O)c1ccccc1C(=O)c1ccccc1. The van der Waals surface area contributed by atoms with Gasteiger partial charge in [0.1, 0.15) is 0 Å². The Bertz CT molecular complexity index is 833. The molecule has 0 unspecified atom stereocenters. The zero-order valence-corrected chi connectivity index (χ0v) is 14.3. The quantitative estimate of drug-likeness (QED) is 0.631. The van der Waals surface area contributed by atoms with Crippen LogP contribution in [0.1, 0.15) is 33.2 Å². The van der Waals surface area contributed by atoms with Crippen molar-refractivity contribution in [3.05, 3.63) is 71.3 Å². The summed E-state index contributed by atoms with van der Waals surface area (Å²) in [4.78, 5) is 48.0. The van der Waals surface area contributed by atoms with Crippen molar-refractivity contribution in [1.82, 2.24) is 10.6 Å². The zero-order chi connectivity index (χ0) is 19.1. The topological polar surface area (TPSA) is 102 Å². The highest BCUT2D eigenvalue weighted by Gasteiger charge is 2.24. The average molecular weight is 354 g/mol. The number of amides is 3. The van der Waals surface area contributed by atoms with E-state index >= 15 is 0 Å². The maximum atomic E-state index is 12.6. The number of rotatable bonds is 5. The van der Waals surface area contributed by atoms with Crippen LogP contribution in [0.2, 0.25) is 0 Å². The van der Waals surface area contributed by atoms with E-state index in [1.54, 1.807) is 42.5 Å². The molecule has 134 valence electrons. The van der Waals surface area contributed by atoms with E-state index in [0.717, 1.165) is 0 Å². The lowest BCUT2D eigenvalue weighted by atomic mass is 9.98. The first kappa shape index (κ1) is 18.9. The molecule has 0 aliphatic rings. The van der Waals surface area contributed by atoms with Crippen LogP contribution < -0.4 is 10.6 Å². The van der Waals surface area contributed by atoms with E-state index in [9.17, 15) is 19.2 Å². The molecule has 0 saturated carbocycles. The summed E-state index contributed by atoms with van der Waals surface area (Å²) >= 11 is 0. The van der Waals surface area contributed by atoms with Gasteiger partial charge in [-0.3, -0.25) is 14.9 Å². The fourth-order valence-corrected chi connectivity index (χ4v) is 2.16. The fraction of sp³-hybridized carbons (Fsp3) is 0.158. The van der Waals surface area contributed by atoms with Crippen LogP contribution in [0.15, 0.2) is 54.6 Å². The number of hydrogen-bond acceptors (Lipinski definition) is 5. The second kappa shape index (κ2) is 8.57. The van der Waals surface area contributed by atoms with Crippen molar-refractivity contribution in [1.29, 1.82) is 0 Å². The molecule has 2 aromatic rings. The van der Waals surface area contributed by atoms with Crippen LogP contribution in [0, 0.1) is 0 Å². The molecule has 0 aromatic heterocycles. The Balaban J connectivity index is 2.19. The molecule has 2 rings (SSSR count). The summed E-state index contributed by atoms with van der Waals surface area (Å²) in [6.07, 6.45) is -1.21. The van der Waals surface area contributed by atoms with Crippen molar-refractivity contribution in [2.24, 2.45) is 0 Å². The van der Waals surface area contributed by atoms with Gasteiger partial charge in [0.25, 0.3) is 5.91 Å². The Hall–Kier alpha value is -3.48. The highest BCUT2D eigenvalue weighted by atomic mass is 16.5. The van der Waals surface area contributed by atoms with E-state index in [1.165, 1.54) is 26.1 Å². The molecule has 26 heavy (non-hydrogen) atoms. The van der Waals surface area contributed by atoms with E-state index in [2.05, 4.69) is 5.32 Å². The maximum Gasteiger partial charge on any atom is 0.339 e. The second-order valence-electron chi connectivity index (χ2n) is 5.36. The summed E-state index contributed by atoms with van der Waals surface area (Å²) in [5, 5.41) is 4.24. The highest BCUT2D eigenvalue weighted by Crippen LogP contribution is 2.16. The molecule has 2 N–H and O–H groups in total. The van der Waals surface area contributed by atoms with Crippen LogP contribution in [0.3, 0.4) is 0 Å². The summed E-state index contributed by atoms with van der Waals surface area (Å²) in [6, 6.07) is 14.0. The van der Waals surface area contributed by atoms with E-state index < -0.39 is 24.0 Å². The first-order valence-electron chi connectivity index (χ1n) is 7.86. The van der Waals surface area contributed by atoms with Gasteiger partial charge in [0.05, 0.1) is 5.56 Å². The van der Waals surface area contributed by atoms with Gasteiger partial charge in [-0.05, 0) is 13.0 Å². The Morgan fingerprint density at radius 1 is 0.885 bits per heavy atom. The van der Waals surface area contributed by atoms with E-state index in [1.807, 2.05) is 5.32 Å². The third-order valence-corrected chi connectivity index (χ3v) is 3.54. The predicted octanol–water partition coefficient (Wildman–Crippen LogP) is 1.92. The standard InChI is InChI=1S/C19H18N2O5/c1-12(17(23)21-19(25)20-2)26-18(24)15-11-7-6-10-14(15)16(22)13-8-4-3-5-9-13/h3-12H,1-2H3,(H2,20,21,23,25)/t12-/m0/s1. The monoisotopic (exact) mass is 354 g/mol. The third kappa shape index (κ3) is 4.54. The van der Waals surface area contributed by atoms with Gasteiger partial charge >= 0.3 is 12.0 Å². The van der Waals surface area contributed by atoms with Crippen molar-refractivity contribution in [2.75, 3.05) is 7.05 Å². The van der Waals surface area contributed by atoms with Crippen molar-refractivity contribution in [3.63, 3.8) is 0 Å². The smallest absolute Gasteiger partial charge is 0.339 e. The molecule has 0 heterocycles. The first-order chi connectivity index (χ1) is 12.4. The van der Waals surface area contributed by atoms with E-state index in [-0.39, 0.29) is 16.9 Å². The number of carbonyl (C=O) groups is 4. The normalized spacial score (nSPS) is 11.2. The van der Waals surface area contributed by atoms with Gasteiger partial charge in [-0.2, -0.15) is 0 Å². The van der Waals surface area contributed by atoms with Crippen LogP contribution in [-0.4, -0.2) is 36.8 Å². The van der Waals surface area contributed by atoms with Crippen molar-refractivity contribution in [3.8, 4) is 0 Å². The van der Waals surface area contributed by atoms with Gasteiger partial charge in [-0.15, -0.1) is 0 Å². The molecular formula is C19H18N2O5. The van der Waals surface area contributed by atoms with Gasteiger partial charge in [0, 0.05) is 18.2 Å². The second-order valence-corrected chi connectivity index (χ2v) is 5.36. The molecule has 0 fully saturated rings. The number of benzene rings is 2. The molecule has 0 radical (unpaired) electrons. The summed E-state index contributed by atoms with van der Waals surface area (Å²) < 4.78 is 5.09. The average Bonchev–Trinajstić information content (AvgIpc) is 2.67. The predicted molar refractivity (Wildman–Crippen MR) is 93.8 cm³/mol. The minimum Gasteiger partial charge on any atom is -0.449 e. The van der Waals surface area contributed by atoms with Gasteiger partial charge in [0.15, 0.2) is 11.9 Å². The molecule has 7 heteroatoms. The number of esters is 1. The van der Waals surface area contributed by atoms with Crippen LogP contribution in [-0.2, 0) is 9.53 Å². The molecular weight excluding hydrogens is 336 g/mol. The molecule has 0 bridgehead atoms. The molecule has 7 nitrogen and oxygen atoms in total. The summed E-state index contributed by atoms with van der Waals surface area (Å²) in [5.41, 5.74) is 0.640. The van der Waals surface area contributed by atoms with Crippen molar-refractivity contribution in [2.45, 2.75) is 13.0 Å². The minimum absolute atomic E-state index is 0.0425. The number of carbonyl (C=O) groups excluding carboxylic acids is 4. The molecule has 0 spiro atoms. The Morgan fingerprint density at radius 3 is 2.08 bits per heavy atom. The zero-order valence-electron chi connectivity index (χ0n) is 14.3. The largest absolute Gasteiger partial charge is 0.449 e. The fourth-order valence-electron chi connectivity index (χ4n) is 2.16. The highest BCUT2D eigenvalue weighted by molar-refractivity contribution is 6.14. The molecule has 0 aliphatic heterocycles. The lowest BCUT2D eigenvalue weighted by molar-refractivity contribution is -0.127. The molecule has 1 atom stereocenters. The molecule has 3 amide bonds. The lowest BCUT2D eigenvalue weighted by Gasteiger charge is -2.14. The molecule has 0 saturated heterocycles. The van der Waals surface area contributed by atoms with Crippen molar-refractivity contribution >= 4 is 23.7 Å². The van der Waals surface area contributed by atoms with Gasteiger partial charge in [-0.25, -0.2) is 9.59 Å². The third-order valence-electron chi connectivity index (χ3n) is 3.54. The summed E-state index contributed by atoms with van der Waals surface area (Å²) in [6.45, 7) is 1.33. The van der Waals surface area contributed by atoms with Crippen LogP contribution in [0.25, 0.3) is 0 Å². The molecule has 2 aromatic carbocycles. The Kier molecular flexibility index (Phi) is 6.21. The number of hydrogen-bond donors (Lipinski definition) is 2. The van der Waals surface area contributed by atoms with E-state index in [0.29, 0.717) is 5.56 Å². The van der Waals surface area contributed by atoms with Gasteiger partial charge in [-0.1, -0.05) is 48.5 Å². The minimum atomic E-state index is -1.21. The number of ether oxygens (including phenoxy) is 1. The number of ketones is 1. The Labute approximate surface area is 150 Å². The van der Waals surface area contributed by atoms with Gasteiger partial charge < -0.3 is 10.1 Å².